The molecule has 0 aliphatic carbocycles. The van der Waals surface area contributed by atoms with Crippen molar-refractivity contribution < 1.29 is 14.0 Å². The van der Waals surface area contributed by atoms with Crippen LogP contribution in [0.15, 0.2) is 47.0 Å². The van der Waals surface area contributed by atoms with Crippen molar-refractivity contribution in [1.29, 1.82) is 0 Å². The molecule has 0 bridgehead atoms. The Hall–Kier alpha value is -3.68. The van der Waals surface area contributed by atoms with E-state index in [-0.39, 0.29) is 6.79 Å². The fraction of sp³-hybridized carbons (Fsp3) is 0.200. The average molecular weight is 375 g/mol. The van der Waals surface area contributed by atoms with Gasteiger partial charge in [-0.15, -0.1) is 5.10 Å². The van der Waals surface area contributed by atoms with Crippen LogP contribution in [0, 0.1) is 6.92 Å². The first-order chi connectivity index (χ1) is 13.7. The zero-order valence-corrected chi connectivity index (χ0v) is 15.4. The second-order valence-corrected chi connectivity index (χ2v) is 6.41. The fourth-order valence-corrected chi connectivity index (χ4v) is 3.24. The Morgan fingerprint density at radius 2 is 1.93 bits per heavy atom. The van der Waals surface area contributed by atoms with Crippen LogP contribution in [0.1, 0.15) is 18.2 Å². The van der Waals surface area contributed by atoms with E-state index in [1.54, 1.807) is 4.68 Å². The summed E-state index contributed by atoms with van der Waals surface area (Å²) in [5, 5.41) is 12.7. The average Bonchev–Trinajstić information content (AvgIpc) is 3.46. The second-order valence-electron chi connectivity index (χ2n) is 6.41. The molecule has 0 fully saturated rings. The standard InChI is InChI=1S/C20H17N5O3/c1-3-13-6-4-5-7-15(13)25-12(2)18(22-24-25)20-21-19(23-28-20)14-8-9-16-17(10-14)27-11-26-16/h4-10H,3,11H2,1-2H3. The summed E-state index contributed by atoms with van der Waals surface area (Å²) < 4.78 is 18.0. The van der Waals surface area contributed by atoms with E-state index in [0.717, 1.165) is 23.4 Å². The number of hydrogen-bond acceptors (Lipinski definition) is 7. The molecule has 5 rings (SSSR count). The maximum absolute atomic E-state index is 5.46. The van der Waals surface area contributed by atoms with Crippen molar-refractivity contribution in [3.63, 3.8) is 0 Å². The Morgan fingerprint density at radius 1 is 1.07 bits per heavy atom. The summed E-state index contributed by atoms with van der Waals surface area (Å²) in [6.07, 6.45) is 0.902. The van der Waals surface area contributed by atoms with Crippen LogP contribution in [0.2, 0.25) is 0 Å². The summed E-state index contributed by atoms with van der Waals surface area (Å²) in [6, 6.07) is 13.6. The number of nitrogens with zero attached hydrogens (tertiary/aromatic N) is 5. The van der Waals surface area contributed by atoms with Gasteiger partial charge in [0.15, 0.2) is 17.2 Å². The number of para-hydroxylation sites is 1. The Balaban J connectivity index is 1.51. The first-order valence-electron chi connectivity index (χ1n) is 8.99. The highest BCUT2D eigenvalue weighted by Crippen LogP contribution is 2.35. The monoisotopic (exact) mass is 375 g/mol. The molecule has 140 valence electrons. The van der Waals surface area contributed by atoms with E-state index in [9.17, 15) is 0 Å². The summed E-state index contributed by atoms with van der Waals surface area (Å²) >= 11 is 0. The summed E-state index contributed by atoms with van der Waals surface area (Å²) in [7, 11) is 0. The van der Waals surface area contributed by atoms with Crippen molar-refractivity contribution in [2.24, 2.45) is 0 Å². The number of aryl methyl sites for hydroxylation is 1. The number of fused-ring (bicyclic) bond motifs is 1. The molecule has 2 aromatic carbocycles. The lowest BCUT2D eigenvalue weighted by atomic mass is 10.1. The van der Waals surface area contributed by atoms with Crippen molar-refractivity contribution in [1.82, 2.24) is 25.1 Å². The van der Waals surface area contributed by atoms with Gasteiger partial charge in [0, 0.05) is 5.56 Å². The second kappa shape index (κ2) is 6.49. The number of rotatable bonds is 4. The van der Waals surface area contributed by atoms with Crippen LogP contribution in [0.25, 0.3) is 28.7 Å². The minimum Gasteiger partial charge on any atom is -0.454 e. The number of hydrogen-bond donors (Lipinski definition) is 0. The van der Waals surface area contributed by atoms with Crippen molar-refractivity contribution in [2.75, 3.05) is 6.79 Å². The van der Waals surface area contributed by atoms with Gasteiger partial charge < -0.3 is 14.0 Å². The van der Waals surface area contributed by atoms with E-state index in [2.05, 4.69) is 33.4 Å². The molecule has 8 heteroatoms. The first kappa shape index (κ1) is 16.5. The zero-order valence-electron chi connectivity index (χ0n) is 15.4. The van der Waals surface area contributed by atoms with E-state index in [1.807, 2.05) is 43.3 Å². The lowest BCUT2D eigenvalue weighted by Gasteiger charge is -2.08. The summed E-state index contributed by atoms with van der Waals surface area (Å²) in [5.74, 6) is 2.16. The predicted molar refractivity (Wildman–Crippen MR) is 100 cm³/mol. The number of ether oxygens (including phenoxy) is 2. The summed E-state index contributed by atoms with van der Waals surface area (Å²) in [5.41, 5.74) is 4.36. The van der Waals surface area contributed by atoms with Gasteiger partial charge in [0.05, 0.1) is 11.4 Å². The molecule has 2 aromatic heterocycles. The highest BCUT2D eigenvalue weighted by molar-refractivity contribution is 5.63. The van der Waals surface area contributed by atoms with Gasteiger partial charge in [0.25, 0.3) is 5.89 Å². The molecule has 0 radical (unpaired) electrons. The molecule has 0 unspecified atom stereocenters. The molecule has 0 atom stereocenters. The van der Waals surface area contributed by atoms with E-state index < -0.39 is 0 Å². The van der Waals surface area contributed by atoms with Crippen LogP contribution in [-0.2, 0) is 6.42 Å². The van der Waals surface area contributed by atoms with Crippen molar-refractivity contribution >= 4 is 0 Å². The molecule has 1 aliphatic rings. The smallest absolute Gasteiger partial charge is 0.280 e. The fourth-order valence-electron chi connectivity index (χ4n) is 3.24. The van der Waals surface area contributed by atoms with Gasteiger partial charge >= 0.3 is 0 Å². The lowest BCUT2D eigenvalue weighted by molar-refractivity contribution is 0.174. The highest BCUT2D eigenvalue weighted by atomic mass is 16.7. The molecule has 0 N–H and O–H groups in total. The van der Waals surface area contributed by atoms with Gasteiger partial charge in [-0.3, -0.25) is 0 Å². The maximum Gasteiger partial charge on any atom is 0.280 e. The van der Waals surface area contributed by atoms with Crippen LogP contribution in [0.5, 0.6) is 11.5 Å². The van der Waals surface area contributed by atoms with Crippen molar-refractivity contribution in [2.45, 2.75) is 20.3 Å². The molecule has 0 spiro atoms. The number of benzene rings is 2. The summed E-state index contributed by atoms with van der Waals surface area (Å²) in [4.78, 5) is 4.50. The van der Waals surface area contributed by atoms with E-state index >= 15 is 0 Å². The first-order valence-corrected chi connectivity index (χ1v) is 8.99. The zero-order chi connectivity index (χ0) is 19.1. The number of aromatic nitrogens is 5. The molecule has 4 aromatic rings. The quantitative estimate of drug-likeness (QED) is 0.538. The molecule has 0 saturated heterocycles. The van der Waals surface area contributed by atoms with Gasteiger partial charge in [-0.05, 0) is 43.2 Å². The Bertz CT molecular complexity index is 1160. The third kappa shape index (κ3) is 2.61. The normalized spacial score (nSPS) is 12.5. The van der Waals surface area contributed by atoms with Crippen LogP contribution in [-0.4, -0.2) is 31.9 Å². The maximum atomic E-state index is 5.46. The molecular weight excluding hydrogens is 358 g/mol. The minimum atomic E-state index is 0.220. The van der Waals surface area contributed by atoms with Crippen LogP contribution >= 0.6 is 0 Å². The third-order valence-electron chi connectivity index (χ3n) is 4.75. The van der Waals surface area contributed by atoms with Gasteiger partial charge in [0.1, 0.15) is 0 Å². The molecule has 8 nitrogen and oxygen atoms in total. The van der Waals surface area contributed by atoms with Gasteiger partial charge in [0.2, 0.25) is 12.6 Å². The van der Waals surface area contributed by atoms with Gasteiger partial charge in [-0.25, -0.2) is 4.68 Å². The minimum absolute atomic E-state index is 0.220. The summed E-state index contributed by atoms with van der Waals surface area (Å²) in [6.45, 7) is 4.27. The van der Waals surface area contributed by atoms with E-state index in [4.69, 9.17) is 14.0 Å². The lowest BCUT2D eigenvalue weighted by Crippen LogP contribution is -2.02. The van der Waals surface area contributed by atoms with Gasteiger partial charge in [-0.1, -0.05) is 35.5 Å². The topological polar surface area (TPSA) is 88.1 Å². The highest BCUT2D eigenvalue weighted by Gasteiger charge is 2.21. The molecule has 0 amide bonds. The van der Waals surface area contributed by atoms with Crippen LogP contribution in [0.4, 0.5) is 0 Å². The predicted octanol–water partition coefficient (Wildman–Crippen LogP) is 3.58. The molecule has 1 aliphatic heterocycles. The molecule has 28 heavy (non-hydrogen) atoms. The van der Waals surface area contributed by atoms with Crippen molar-refractivity contribution in [3.05, 3.63) is 53.7 Å². The largest absolute Gasteiger partial charge is 0.454 e. The van der Waals surface area contributed by atoms with Gasteiger partial charge in [-0.2, -0.15) is 4.98 Å². The Labute approximate surface area is 160 Å². The molecule has 3 heterocycles. The van der Waals surface area contributed by atoms with Crippen molar-refractivity contribution in [3.8, 4) is 40.2 Å². The molecular formula is C20H17N5O3. The Morgan fingerprint density at radius 3 is 2.82 bits per heavy atom. The Kier molecular flexibility index (Phi) is 3.82. The molecule has 0 saturated carbocycles. The van der Waals surface area contributed by atoms with Crippen LogP contribution < -0.4 is 9.47 Å². The van der Waals surface area contributed by atoms with Crippen LogP contribution in [0.3, 0.4) is 0 Å². The van der Waals surface area contributed by atoms with E-state index in [1.165, 1.54) is 5.56 Å². The van der Waals surface area contributed by atoms with E-state index in [0.29, 0.717) is 28.9 Å². The SMILES string of the molecule is CCc1ccccc1-n1nnc(-c2nc(-c3ccc4c(c3)OCO4)no2)c1C. The third-order valence-corrected chi connectivity index (χ3v) is 4.75.